The van der Waals surface area contributed by atoms with Crippen LogP contribution in [0.15, 0.2) is 35.2 Å². The second-order valence-corrected chi connectivity index (χ2v) is 6.66. The van der Waals surface area contributed by atoms with Crippen molar-refractivity contribution in [2.24, 2.45) is 5.92 Å². The van der Waals surface area contributed by atoms with Crippen LogP contribution in [0, 0.1) is 5.92 Å². The first-order valence-corrected chi connectivity index (χ1v) is 8.53. The molecule has 2 unspecified atom stereocenters. The Morgan fingerprint density at radius 3 is 2.88 bits per heavy atom. The Labute approximate surface area is 113 Å². The van der Waals surface area contributed by atoms with Gasteiger partial charge in [0.1, 0.15) is 0 Å². The molecule has 1 fully saturated rings. The van der Waals surface area contributed by atoms with Crippen LogP contribution in [0.2, 0.25) is 0 Å². The third kappa shape index (κ3) is 4.23. The third-order valence-corrected chi connectivity index (χ3v) is 5.47. The van der Waals surface area contributed by atoms with Crippen molar-refractivity contribution in [1.82, 2.24) is 5.32 Å². The van der Waals surface area contributed by atoms with Gasteiger partial charge < -0.3 is 5.32 Å². The minimum absolute atomic E-state index is 0.751. The van der Waals surface area contributed by atoms with Gasteiger partial charge in [0.05, 0.1) is 0 Å². The predicted octanol–water partition coefficient (Wildman–Crippen LogP) is 3.51. The molecule has 0 amide bonds. The summed E-state index contributed by atoms with van der Waals surface area (Å²) in [5.41, 5.74) is 0. The molecule has 2 atom stereocenters. The van der Waals surface area contributed by atoms with Crippen molar-refractivity contribution in [3.05, 3.63) is 30.3 Å². The van der Waals surface area contributed by atoms with E-state index in [4.69, 9.17) is 0 Å². The maximum atomic E-state index is 3.61. The van der Waals surface area contributed by atoms with Crippen LogP contribution in [-0.2, 0) is 0 Å². The van der Waals surface area contributed by atoms with Crippen LogP contribution in [0.25, 0.3) is 0 Å². The summed E-state index contributed by atoms with van der Waals surface area (Å²) >= 11 is 4.10. The van der Waals surface area contributed by atoms with Crippen molar-refractivity contribution in [1.29, 1.82) is 0 Å². The molecule has 2 rings (SSSR count). The lowest BCUT2D eigenvalue weighted by Crippen LogP contribution is -2.35. The van der Waals surface area contributed by atoms with Crippen molar-refractivity contribution in [3.8, 4) is 0 Å². The number of nitrogens with one attached hydrogen (secondary N) is 1. The predicted molar refractivity (Wildman–Crippen MR) is 80.1 cm³/mol. The monoisotopic (exact) mass is 267 g/mol. The Balaban J connectivity index is 1.71. The zero-order chi connectivity index (χ0) is 11.9. The summed E-state index contributed by atoms with van der Waals surface area (Å²) in [6.07, 6.45) is 1.34. The molecule has 1 saturated heterocycles. The number of benzene rings is 1. The van der Waals surface area contributed by atoms with Crippen LogP contribution in [0.4, 0.5) is 0 Å². The summed E-state index contributed by atoms with van der Waals surface area (Å²) in [6.45, 7) is 3.31. The molecule has 17 heavy (non-hydrogen) atoms. The molecule has 1 N–H and O–H groups in total. The van der Waals surface area contributed by atoms with E-state index in [1.165, 1.54) is 28.6 Å². The number of hydrogen-bond acceptors (Lipinski definition) is 3. The first-order chi connectivity index (χ1) is 8.40. The maximum absolute atomic E-state index is 3.61. The average Bonchev–Trinajstić information content (AvgIpc) is 2.79. The molecule has 0 saturated carbocycles. The van der Waals surface area contributed by atoms with Gasteiger partial charge in [-0.1, -0.05) is 25.1 Å². The standard InChI is InChI=1S/C14H21NS2/c1-2-15-14-11-16-10-12(14)8-9-17-13-6-4-3-5-7-13/h3-7,12,14-15H,2,8-11H2,1H3. The van der Waals surface area contributed by atoms with Crippen molar-refractivity contribution in [3.63, 3.8) is 0 Å². The molecule has 1 nitrogen and oxygen atoms in total. The van der Waals surface area contributed by atoms with Crippen molar-refractivity contribution in [2.45, 2.75) is 24.3 Å². The molecule has 1 aliphatic heterocycles. The van der Waals surface area contributed by atoms with Gasteiger partial charge in [0.15, 0.2) is 0 Å². The van der Waals surface area contributed by atoms with E-state index < -0.39 is 0 Å². The molecule has 1 aromatic carbocycles. The van der Waals surface area contributed by atoms with E-state index in [9.17, 15) is 0 Å². The lowest BCUT2D eigenvalue weighted by Gasteiger charge is -2.19. The molecule has 1 heterocycles. The number of thioether (sulfide) groups is 2. The van der Waals surface area contributed by atoms with Gasteiger partial charge in [-0.2, -0.15) is 11.8 Å². The molecule has 0 aliphatic carbocycles. The zero-order valence-corrected chi connectivity index (χ0v) is 12.0. The highest BCUT2D eigenvalue weighted by molar-refractivity contribution is 7.99. The molecular formula is C14H21NS2. The summed E-state index contributed by atoms with van der Waals surface area (Å²) in [5, 5.41) is 3.61. The minimum atomic E-state index is 0.751. The van der Waals surface area contributed by atoms with Crippen LogP contribution in [-0.4, -0.2) is 29.8 Å². The second-order valence-electron chi connectivity index (χ2n) is 4.41. The lowest BCUT2D eigenvalue weighted by molar-refractivity contribution is 0.428. The fraction of sp³-hybridized carbons (Fsp3) is 0.571. The third-order valence-electron chi connectivity index (χ3n) is 3.17. The Kier molecular flexibility index (Phi) is 5.75. The molecule has 3 heteroatoms. The molecule has 94 valence electrons. The summed E-state index contributed by atoms with van der Waals surface area (Å²) in [4.78, 5) is 1.40. The van der Waals surface area contributed by atoms with Gasteiger partial charge in [-0.3, -0.25) is 0 Å². The first kappa shape index (κ1) is 13.3. The molecular weight excluding hydrogens is 246 g/mol. The van der Waals surface area contributed by atoms with Gasteiger partial charge in [-0.05, 0) is 42.5 Å². The average molecular weight is 267 g/mol. The van der Waals surface area contributed by atoms with Gasteiger partial charge in [0.25, 0.3) is 0 Å². The largest absolute Gasteiger partial charge is 0.313 e. The fourth-order valence-electron chi connectivity index (χ4n) is 2.22. The summed E-state index contributed by atoms with van der Waals surface area (Å²) in [7, 11) is 0. The van der Waals surface area contributed by atoms with E-state index >= 15 is 0 Å². The van der Waals surface area contributed by atoms with Gasteiger partial charge in [-0.15, -0.1) is 11.8 Å². The normalized spacial score (nSPS) is 24.1. The van der Waals surface area contributed by atoms with Crippen molar-refractivity contribution < 1.29 is 0 Å². The van der Waals surface area contributed by atoms with E-state index in [1.54, 1.807) is 0 Å². The minimum Gasteiger partial charge on any atom is -0.313 e. The Bertz CT molecular complexity index is 315. The van der Waals surface area contributed by atoms with E-state index in [1.807, 2.05) is 11.8 Å². The summed E-state index contributed by atoms with van der Waals surface area (Å²) in [5.74, 6) is 4.76. The number of hydrogen-bond donors (Lipinski definition) is 1. The van der Waals surface area contributed by atoms with E-state index in [2.05, 4.69) is 54.3 Å². The Morgan fingerprint density at radius 1 is 1.29 bits per heavy atom. The van der Waals surface area contributed by atoms with Gasteiger partial charge in [0.2, 0.25) is 0 Å². The van der Waals surface area contributed by atoms with Crippen LogP contribution in [0.5, 0.6) is 0 Å². The topological polar surface area (TPSA) is 12.0 Å². The Morgan fingerprint density at radius 2 is 2.12 bits per heavy atom. The molecule has 0 spiro atoms. The quantitative estimate of drug-likeness (QED) is 0.792. The van der Waals surface area contributed by atoms with Gasteiger partial charge >= 0.3 is 0 Å². The van der Waals surface area contributed by atoms with Crippen LogP contribution in [0.3, 0.4) is 0 Å². The van der Waals surface area contributed by atoms with E-state index in [-0.39, 0.29) is 0 Å². The van der Waals surface area contributed by atoms with Gasteiger partial charge in [0, 0.05) is 16.7 Å². The smallest absolute Gasteiger partial charge is 0.0194 e. The lowest BCUT2D eigenvalue weighted by atomic mass is 10.0. The molecule has 1 aliphatic rings. The fourth-order valence-corrected chi connectivity index (χ4v) is 4.70. The zero-order valence-electron chi connectivity index (χ0n) is 10.4. The van der Waals surface area contributed by atoms with Crippen LogP contribution in [0.1, 0.15) is 13.3 Å². The highest BCUT2D eigenvalue weighted by Gasteiger charge is 2.26. The highest BCUT2D eigenvalue weighted by Crippen LogP contribution is 2.29. The summed E-state index contributed by atoms with van der Waals surface area (Å²) < 4.78 is 0. The summed E-state index contributed by atoms with van der Waals surface area (Å²) in [6, 6.07) is 11.5. The van der Waals surface area contributed by atoms with Crippen LogP contribution >= 0.6 is 23.5 Å². The second kappa shape index (κ2) is 7.34. The van der Waals surface area contributed by atoms with Gasteiger partial charge in [-0.25, -0.2) is 0 Å². The molecule has 0 bridgehead atoms. The van der Waals surface area contributed by atoms with E-state index in [0.717, 1.165) is 18.5 Å². The van der Waals surface area contributed by atoms with Crippen molar-refractivity contribution >= 4 is 23.5 Å². The maximum Gasteiger partial charge on any atom is 0.0194 e. The number of rotatable bonds is 6. The highest BCUT2D eigenvalue weighted by atomic mass is 32.2. The Hall–Kier alpha value is -0.120. The first-order valence-electron chi connectivity index (χ1n) is 6.39. The molecule has 0 radical (unpaired) electrons. The SMILES string of the molecule is CCNC1CSCC1CCSc1ccccc1. The van der Waals surface area contributed by atoms with E-state index in [0.29, 0.717) is 0 Å². The molecule has 0 aromatic heterocycles. The van der Waals surface area contributed by atoms with Crippen molar-refractivity contribution in [2.75, 3.05) is 23.8 Å². The molecule has 1 aromatic rings. The van der Waals surface area contributed by atoms with Crippen LogP contribution < -0.4 is 5.32 Å².